The fourth-order valence-corrected chi connectivity index (χ4v) is 3.53. The second-order valence-electron chi connectivity index (χ2n) is 7.37. The van der Waals surface area contributed by atoms with Gasteiger partial charge in [0.25, 0.3) is 0 Å². The lowest BCUT2D eigenvalue weighted by Gasteiger charge is -2.22. The molecule has 4 rings (SSSR count). The van der Waals surface area contributed by atoms with Crippen molar-refractivity contribution in [2.45, 2.75) is 13.3 Å². The van der Waals surface area contributed by atoms with Crippen LogP contribution in [0, 0.1) is 10.9 Å². The van der Waals surface area contributed by atoms with Gasteiger partial charge in [0.2, 0.25) is 11.7 Å². The molecule has 2 aromatic carbocycles. The summed E-state index contributed by atoms with van der Waals surface area (Å²) in [4.78, 5) is 12.9. The van der Waals surface area contributed by atoms with Gasteiger partial charge >= 0.3 is 0 Å². The van der Waals surface area contributed by atoms with E-state index in [0.717, 1.165) is 12.1 Å². The van der Waals surface area contributed by atoms with Crippen LogP contribution in [-0.2, 0) is 16.0 Å². The van der Waals surface area contributed by atoms with E-state index in [0.29, 0.717) is 5.76 Å². The summed E-state index contributed by atoms with van der Waals surface area (Å²) < 4.78 is 5.43. The maximum Gasteiger partial charge on any atom is 0.238 e. The summed E-state index contributed by atoms with van der Waals surface area (Å²) in [5, 5.41) is 9.48. The van der Waals surface area contributed by atoms with Crippen LogP contribution in [0.25, 0.3) is 11.1 Å². The number of amides is 1. The molecule has 0 heterocycles. The van der Waals surface area contributed by atoms with Crippen molar-refractivity contribution < 1.29 is 9.53 Å². The zero-order valence-electron chi connectivity index (χ0n) is 16.5. The van der Waals surface area contributed by atoms with Gasteiger partial charge in [-0.3, -0.25) is 4.79 Å². The number of anilines is 1. The number of carbonyl (C=O) groups excluding carboxylic acids is 1. The second-order valence-corrected chi connectivity index (χ2v) is 7.37. The van der Waals surface area contributed by atoms with Crippen LogP contribution in [0.3, 0.4) is 0 Å². The molecule has 4 N–H and O–H groups in total. The number of amidine groups is 1. The van der Waals surface area contributed by atoms with Crippen molar-refractivity contribution in [1.29, 1.82) is 5.53 Å². The first-order valence-corrected chi connectivity index (χ1v) is 9.49. The van der Waals surface area contributed by atoms with Crippen molar-refractivity contribution in [3.05, 3.63) is 83.3 Å². The molecule has 7 nitrogen and oxygen atoms in total. The summed E-state index contributed by atoms with van der Waals surface area (Å²) in [6, 6.07) is 14.4. The Kier molecular flexibility index (Phi) is 5.04. The van der Waals surface area contributed by atoms with E-state index < -0.39 is 5.41 Å². The molecule has 1 atom stereocenters. The largest absolute Gasteiger partial charge is 0.478 e. The SMILES string of the molecule is CC1(C(=O)Nc2ccc3c(c2)Cc2ccccc2-3)C=C=C(OC/C(N=N)=N/N)C=C1. The number of nitrogens with zero attached hydrogens (tertiary/aromatic N) is 2. The van der Waals surface area contributed by atoms with Gasteiger partial charge in [0.05, 0.1) is 5.41 Å². The summed E-state index contributed by atoms with van der Waals surface area (Å²) >= 11 is 0. The maximum absolute atomic E-state index is 12.9. The third kappa shape index (κ3) is 3.66. The monoisotopic (exact) mass is 399 g/mol. The van der Waals surface area contributed by atoms with Crippen LogP contribution >= 0.6 is 0 Å². The molecule has 0 saturated heterocycles. The number of nitrogens with one attached hydrogen (secondary N) is 2. The zero-order chi connectivity index (χ0) is 21.1. The van der Waals surface area contributed by atoms with Gasteiger partial charge in [0.15, 0.2) is 12.4 Å². The van der Waals surface area contributed by atoms with E-state index in [1.807, 2.05) is 24.3 Å². The summed E-state index contributed by atoms with van der Waals surface area (Å²) in [6.07, 6.45) is 5.93. The third-order valence-corrected chi connectivity index (χ3v) is 5.27. The lowest BCUT2D eigenvalue weighted by Crippen LogP contribution is -2.30. The molecule has 150 valence electrons. The molecule has 0 aliphatic heterocycles. The van der Waals surface area contributed by atoms with Gasteiger partial charge in [-0.1, -0.05) is 42.1 Å². The fourth-order valence-electron chi connectivity index (χ4n) is 3.53. The average molecular weight is 399 g/mol. The maximum atomic E-state index is 12.9. The molecular formula is C23H21N5O2. The van der Waals surface area contributed by atoms with Crippen molar-refractivity contribution in [3.8, 4) is 11.1 Å². The number of hydrogen-bond acceptors (Lipinski definition) is 5. The molecule has 0 spiro atoms. The summed E-state index contributed by atoms with van der Waals surface area (Å²) in [7, 11) is 0. The Morgan fingerprint density at radius 1 is 1.27 bits per heavy atom. The Labute approximate surface area is 174 Å². The first-order chi connectivity index (χ1) is 14.5. The van der Waals surface area contributed by atoms with Crippen molar-refractivity contribution in [2.75, 3.05) is 11.9 Å². The lowest BCUT2D eigenvalue weighted by atomic mass is 9.86. The van der Waals surface area contributed by atoms with E-state index in [9.17, 15) is 4.79 Å². The number of fused-ring (bicyclic) bond motifs is 3. The van der Waals surface area contributed by atoms with Gasteiger partial charge in [-0.05, 0) is 59.9 Å². The van der Waals surface area contributed by atoms with Gasteiger partial charge in [-0.25, -0.2) is 5.53 Å². The highest BCUT2D eigenvalue weighted by molar-refractivity contribution is 5.98. The Hall–Kier alpha value is -3.96. The van der Waals surface area contributed by atoms with Crippen LogP contribution in [0.5, 0.6) is 0 Å². The molecule has 0 saturated carbocycles. The molecule has 0 bridgehead atoms. The average Bonchev–Trinajstić information content (AvgIpc) is 3.13. The lowest BCUT2D eigenvalue weighted by molar-refractivity contribution is -0.120. The minimum absolute atomic E-state index is 0.0407. The molecule has 30 heavy (non-hydrogen) atoms. The van der Waals surface area contributed by atoms with E-state index >= 15 is 0 Å². The van der Waals surface area contributed by atoms with Gasteiger partial charge < -0.3 is 15.9 Å². The normalized spacial score (nSPS) is 19.0. The Balaban J connectivity index is 1.46. The minimum Gasteiger partial charge on any atom is -0.478 e. The molecule has 2 aliphatic rings. The van der Waals surface area contributed by atoms with E-state index in [-0.39, 0.29) is 18.3 Å². The van der Waals surface area contributed by atoms with Gasteiger partial charge in [0, 0.05) is 5.69 Å². The molecular weight excluding hydrogens is 378 g/mol. The van der Waals surface area contributed by atoms with Gasteiger partial charge in [0.1, 0.15) is 0 Å². The number of carbonyl (C=O) groups is 1. The molecule has 1 unspecified atom stereocenters. The molecule has 1 amide bonds. The van der Waals surface area contributed by atoms with Crippen LogP contribution in [0.15, 0.2) is 82.4 Å². The topological polar surface area (TPSA) is 113 Å². The van der Waals surface area contributed by atoms with E-state index in [2.05, 4.69) is 39.5 Å². The molecule has 7 heteroatoms. The fraction of sp³-hybridized carbons (Fsp3) is 0.174. The summed E-state index contributed by atoms with van der Waals surface area (Å²) in [6.45, 7) is 1.76. The highest BCUT2D eigenvalue weighted by Crippen LogP contribution is 2.38. The third-order valence-electron chi connectivity index (χ3n) is 5.27. The summed E-state index contributed by atoms with van der Waals surface area (Å²) in [5.74, 6) is 5.41. The minimum atomic E-state index is -0.862. The first kappa shape index (κ1) is 19.4. The number of nitrogens with two attached hydrogens (primary N) is 1. The van der Waals surface area contributed by atoms with Crippen molar-refractivity contribution in [3.63, 3.8) is 0 Å². The van der Waals surface area contributed by atoms with E-state index in [1.165, 1.54) is 22.3 Å². The first-order valence-electron chi connectivity index (χ1n) is 9.49. The second kappa shape index (κ2) is 7.81. The number of hydrazone groups is 1. The number of ether oxygens (including phenoxy) is 1. The Bertz CT molecular complexity index is 1160. The molecule has 0 radical (unpaired) electrons. The van der Waals surface area contributed by atoms with Crippen molar-refractivity contribution >= 4 is 17.4 Å². The predicted molar refractivity (Wildman–Crippen MR) is 115 cm³/mol. The van der Waals surface area contributed by atoms with Crippen LogP contribution in [0.1, 0.15) is 18.1 Å². The van der Waals surface area contributed by atoms with Crippen LogP contribution < -0.4 is 11.2 Å². The quantitative estimate of drug-likeness (QED) is 0.150. The van der Waals surface area contributed by atoms with Crippen LogP contribution in [-0.4, -0.2) is 18.3 Å². The predicted octanol–water partition coefficient (Wildman–Crippen LogP) is 4.13. The van der Waals surface area contributed by atoms with Crippen molar-refractivity contribution in [1.82, 2.24) is 0 Å². The Morgan fingerprint density at radius 3 is 2.80 bits per heavy atom. The highest BCUT2D eigenvalue weighted by Gasteiger charge is 2.30. The number of benzene rings is 2. The molecule has 0 fully saturated rings. The standard InChI is InChI=1S/C23H21N5O2/c1-23(10-8-18(9-11-23)30-14-21(27-24)28-25)22(29)26-17-6-7-20-16(13-17)12-15-4-2-3-5-19(15)20/h2-8,10-11,13,24H,12,14,25H2,1H3,(H,26,29)/b27-24?,28-21-. The molecule has 2 aromatic rings. The van der Waals surface area contributed by atoms with E-state index in [1.54, 1.807) is 25.2 Å². The highest BCUT2D eigenvalue weighted by atomic mass is 16.5. The smallest absolute Gasteiger partial charge is 0.238 e. The van der Waals surface area contributed by atoms with Crippen LogP contribution in [0.4, 0.5) is 5.69 Å². The molecule has 0 aromatic heterocycles. The summed E-state index contributed by atoms with van der Waals surface area (Å²) in [5.41, 5.74) is 14.8. The zero-order valence-corrected chi connectivity index (χ0v) is 16.5. The van der Waals surface area contributed by atoms with Gasteiger partial charge in [-0.15, -0.1) is 5.11 Å². The number of rotatable bonds is 5. The van der Waals surface area contributed by atoms with E-state index in [4.69, 9.17) is 16.1 Å². The number of hydrogen-bond donors (Lipinski definition) is 3. The van der Waals surface area contributed by atoms with Crippen LogP contribution in [0.2, 0.25) is 0 Å². The molecule has 2 aliphatic carbocycles. The Morgan fingerprint density at radius 2 is 2.07 bits per heavy atom. The van der Waals surface area contributed by atoms with Gasteiger partial charge in [-0.2, -0.15) is 5.10 Å². The van der Waals surface area contributed by atoms with Crippen molar-refractivity contribution in [2.24, 2.45) is 21.5 Å².